The van der Waals surface area contributed by atoms with Crippen LogP contribution in [0.5, 0.6) is 0 Å². The highest BCUT2D eigenvalue weighted by molar-refractivity contribution is 6.29. The standard InChI is InChI=1S/C15H14ClN3O2/c16-13-8-18-14(9-17-13)19-15(20)7-12-11-4-2-1-3-10(11)5-6-21-12/h1-4,8-9,12H,5-7H2,(H,18,19,20). The molecule has 1 aromatic carbocycles. The van der Waals surface area contributed by atoms with Gasteiger partial charge in [0.15, 0.2) is 5.82 Å². The summed E-state index contributed by atoms with van der Waals surface area (Å²) in [5.74, 6) is 0.224. The lowest BCUT2D eigenvalue weighted by Gasteiger charge is -2.25. The summed E-state index contributed by atoms with van der Waals surface area (Å²) in [5, 5.41) is 2.99. The molecule has 6 heteroatoms. The normalized spacial score (nSPS) is 17.1. The summed E-state index contributed by atoms with van der Waals surface area (Å²) < 4.78 is 5.71. The highest BCUT2D eigenvalue weighted by atomic mass is 35.5. The van der Waals surface area contributed by atoms with Crippen LogP contribution in [-0.4, -0.2) is 22.5 Å². The first-order chi connectivity index (χ1) is 10.2. The van der Waals surface area contributed by atoms with Crippen LogP contribution in [0, 0.1) is 0 Å². The first-order valence-electron chi connectivity index (χ1n) is 6.69. The Balaban J connectivity index is 1.67. The molecule has 1 atom stereocenters. The minimum atomic E-state index is -0.213. The van der Waals surface area contributed by atoms with Gasteiger partial charge in [0, 0.05) is 0 Å². The summed E-state index contributed by atoms with van der Waals surface area (Å²) in [7, 11) is 0. The summed E-state index contributed by atoms with van der Waals surface area (Å²) in [6.45, 7) is 0.635. The molecule has 0 bridgehead atoms. The van der Waals surface area contributed by atoms with Crippen molar-refractivity contribution in [2.45, 2.75) is 18.9 Å². The van der Waals surface area contributed by atoms with Gasteiger partial charge in [-0.3, -0.25) is 4.79 Å². The molecule has 5 nitrogen and oxygen atoms in total. The van der Waals surface area contributed by atoms with Crippen molar-refractivity contribution >= 4 is 23.3 Å². The van der Waals surface area contributed by atoms with Crippen LogP contribution in [0.1, 0.15) is 23.7 Å². The number of fused-ring (bicyclic) bond motifs is 1. The van der Waals surface area contributed by atoms with Gasteiger partial charge in [-0.15, -0.1) is 0 Å². The topological polar surface area (TPSA) is 64.1 Å². The average Bonchev–Trinajstić information content (AvgIpc) is 2.50. The molecule has 1 aliphatic rings. The Morgan fingerprint density at radius 1 is 1.33 bits per heavy atom. The van der Waals surface area contributed by atoms with E-state index < -0.39 is 0 Å². The summed E-state index contributed by atoms with van der Waals surface area (Å²) in [5.41, 5.74) is 2.33. The van der Waals surface area contributed by atoms with Crippen LogP contribution in [0.15, 0.2) is 36.7 Å². The smallest absolute Gasteiger partial charge is 0.228 e. The van der Waals surface area contributed by atoms with Crippen LogP contribution >= 0.6 is 11.6 Å². The van der Waals surface area contributed by atoms with Crippen molar-refractivity contribution in [3.63, 3.8) is 0 Å². The number of ether oxygens (including phenoxy) is 1. The predicted octanol–water partition coefficient (Wildman–Crippen LogP) is 2.77. The highest BCUT2D eigenvalue weighted by Gasteiger charge is 2.23. The lowest BCUT2D eigenvalue weighted by atomic mass is 9.96. The molecule has 1 N–H and O–H groups in total. The molecule has 1 aliphatic heterocycles. The zero-order chi connectivity index (χ0) is 14.7. The molecule has 0 saturated carbocycles. The fourth-order valence-corrected chi connectivity index (χ4v) is 2.48. The monoisotopic (exact) mass is 303 g/mol. The van der Waals surface area contributed by atoms with Crippen molar-refractivity contribution in [1.29, 1.82) is 0 Å². The molecule has 0 saturated heterocycles. The van der Waals surface area contributed by atoms with Gasteiger partial charge >= 0.3 is 0 Å². The molecule has 108 valence electrons. The number of halogens is 1. The van der Waals surface area contributed by atoms with E-state index in [1.165, 1.54) is 18.0 Å². The molecule has 2 heterocycles. The number of benzene rings is 1. The Bertz CT molecular complexity index is 646. The minimum Gasteiger partial charge on any atom is -0.373 e. The lowest BCUT2D eigenvalue weighted by molar-refractivity contribution is -0.119. The maximum Gasteiger partial charge on any atom is 0.228 e. The molecular weight excluding hydrogens is 290 g/mol. The zero-order valence-corrected chi connectivity index (χ0v) is 12.0. The number of nitrogens with one attached hydrogen (secondary N) is 1. The van der Waals surface area contributed by atoms with E-state index in [0.717, 1.165) is 12.0 Å². The SMILES string of the molecule is O=C(CC1OCCc2ccccc21)Nc1cnc(Cl)cn1. The number of anilines is 1. The van der Waals surface area contributed by atoms with E-state index in [0.29, 0.717) is 12.4 Å². The Kier molecular flexibility index (Phi) is 4.13. The van der Waals surface area contributed by atoms with Crippen molar-refractivity contribution in [2.75, 3.05) is 11.9 Å². The van der Waals surface area contributed by atoms with E-state index in [-0.39, 0.29) is 23.6 Å². The molecule has 21 heavy (non-hydrogen) atoms. The molecule has 0 radical (unpaired) electrons. The van der Waals surface area contributed by atoms with Crippen LogP contribution in [0.25, 0.3) is 0 Å². The van der Waals surface area contributed by atoms with Gasteiger partial charge in [-0.05, 0) is 17.5 Å². The summed E-state index contributed by atoms with van der Waals surface area (Å²) in [4.78, 5) is 19.9. The maximum atomic E-state index is 12.1. The van der Waals surface area contributed by atoms with Crippen LogP contribution in [0.4, 0.5) is 5.82 Å². The van der Waals surface area contributed by atoms with Gasteiger partial charge in [0.2, 0.25) is 5.91 Å². The fourth-order valence-electron chi connectivity index (χ4n) is 2.38. The number of carbonyl (C=O) groups is 1. The van der Waals surface area contributed by atoms with E-state index >= 15 is 0 Å². The number of nitrogens with zero attached hydrogens (tertiary/aromatic N) is 2. The second-order valence-electron chi connectivity index (χ2n) is 4.78. The van der Waals surface area contributed by atoms with Crippen molar-refractivity contribution in [3.05, 3.63) is 52.9 Å². The van der Waals surface area contributed by atoms with Gasteiger partial charge < -0.3 is 10.1 Å². The number of carbonyl (C=O) groups excluding carboxylic acids is 1. The molecule has 2 aromatic rings. The fraction of sp³-hybridized carbons (Fsp3) is 0.267. The third-order valence-electron chi connectivity index (χ3n) is 3.35. The second kappa shape index (κ2) is 6.20. The molecule has 0 spiro atoms. The van der Waals surface area contributed by atoms with E-state index in [4.69, 9.17) is 16.3 Å². The average molecular weight is 304 g/mol. The van der Waals surface area contributed by atoms with Gasteiger partial charge in [0.25, 0.3) is 0 Å². The molecule has 3 rings (SSSR count). The van der Waals surface area contributed by atoms with Gasteiger partial charge in [0.1, 0.15) is 5.15 Å². The largest absolute Gasteiger partial charge is 0.373 e. The minimum absolute atomic E-state index is 0.159. The number of hydrogen-bond acceptors (Lipinski definition) is 4. The Morgan fingerprint density at radius 2 is 2.19 bits per heavy atom. The van der Waals surface area contributed by atoms with E-state index in [1.54, 1.807) is 0 Å². The summed E-state index contributed by atoms with van der Waals surface area (Å²) >= 11 is 5.65. The summed E-state index contributed by atoms with van der Waals surface area (Å²) in [6, 6.07) is 8.05. The molecule has 0 aliphatic carbocycles. The molecule has 1 aromatic heterocycles. The van der Waals surface area contributed by atoms with Crippen LogP contribution in [0.3, 0.4) is 0 Å². The molecule has 0 fully saturated rings. The number of hydrogen-bond donors (Lipinski definition) is 1. The van der Waals surface area contributed by atoms with Crippen LogP contribution in [0.2, 0.25) is 5.15 Å². The quantitative estimate of drug-likeness (QED) is 0.947. The second-order valence-corrected chi connectivity index (χ2v) is 5.17. The Morgan fingerprint density at radius 3 is 3.00 bits per heavy atom. The lowest BCUT2D eigenvalue weighted by Crippen LogP contribution is -2.22. The van der Waals surface area contributed by atoms with Crippen LogP contribution < -0.4 is 5.32 Å². The van der Waals surface area contributed by atoms with Gasteiger partial charge in [-0.2, -0.15) is 0 Å². The molecular formula is C15H14ClN3O2. The zero-order valence-electron chi connectivity index (χ0n) is 11.3. The van der Waals surface area contributed by atoms with Crippen LogP contribution in [-0.2, 0) is 16.0 Å². The third kappa shape index (κ3) is 3.37. The third-order valence-corrected chi connectivity index (χ3v) is 3.55. The number of aromatic nitrogens is 2. The van der Waals surface area contributed by atoms with E-state index in [2.05, 4.69) is 21.4 Å². The van der Waals surface area contributed by atoms with Crippen molar-refractivity contribution in [1.82, 2.24) is 9.97 Å². The van der Waals surface area contributed by atoms with E-state index in [9.17, 15) is 4.79 Å². The first-order valence-corrected chi connectivity index (χ1v) is 7.07. The van der Waals surface area contributed by atoms with E-state index in [1.807, 2.05) is 18.2 Å². The Hall–Kier alpha value is -1.98. The van der Waals surface area contributed by atoms with Crippen molar-refractivity contribution < 1.29 is 9.53 Å². The van der Waals surface area contributed by atoms with Crippen molar-refractivity contribution in [2.24, 2.45) is 0 Å². The number of rotatable bonds is 3. The first kappa shape index (κ1) is 14.0. The predicted molar refractivity (Wildman–Crippen MR) is 79.1 cm³/mol. The van der Waals surface area contributed by atoms with Gasteiger partial charge in [0.05, 0.1) is 31.5 Å². The maximum absolute atomic E-state index is 12.1. The molecule has 1 amide bonds. The number of amides is 1. The van der Waals surface area contributed by atoms with Crippen molar-refractivity contribution in [3.8, 4) is 0 Å². The van der Waals surface area contributed by atoms with Gasteiger partial charge in [-0.25, -0.2) is 9.97 Å². The highest BCUT2D eigenvalue weighted by Crippen LogP contribution is 2.29. The Labute approximate surface area is 127 Å². The summed E-state index contributed by atoms with van der Waals surface area (Å²) in [6.07, 6.45) is 3.74. The van der Waals surface area contributed by atoms with Gasteiger partial charge in [-0.1, -0.05) is 35.9 Å². The molecule has 1 unspecified atom stereocenters.